The van der Waals surface area contributed by atoms with Crippen LogP contribution in [0, 0.1) is 11.8 Å². The number of benzene rings is 2. The molecule has 2 aromatic rings. The van der Waals surface area contributed by atoms with Crippen molar-refractivity contribution in [3.05, 3.63) is 59.7 Å². The molecule has 94 valence electrons. The van der Waals surface area contributed by atoms with Crippen molar-refractivity contribution < 1.29 is 0 Å². The molecule has 3 aliphatic carbocycles. The number of fused-ring (bicyclic) bond motifs is 8. The molecule has 0 heteroatoms. The van der Waals surface area contributed by atoms with Crippen molar-refractivity contribution in [3.8, 4) is 11.1 Å². The average Bonchev–Trinajstić information content (AvgIpc) is 3.14. The Bertz CT molecular complexity index is 622. The fraction of sp³-hybridized carbons (Fsp3) is 0.368. The van der Waals surface area contributed by atoms with Gasteiger partial charge >= 0.3 is 0 Å². The quantitative estimate of drug-likeness (QED) is 0.628. The van der Waals surface area contributed by atoms with E-state index in [1.165, 1.54) is 36.8 Å². The van der Waals surface area contributed by atoms with Gasteiger partial charge in [-0.1, -0.05) is 55.0 Å². The van der Waals surface area contributed by atoms with E-state index in [0.29, 0.717) is 5.41 Å². The average molecular weight is 246 g/mol. The van der Waals surface area contributed by atoms with Crippen molar-refractivity contribution in [3.63, 3.8) is 0 Å². The molecule has 2 bridgehead atoms. The monoisotopic (exact) mass is 246 g/mol. The first-order chi connectivity index (χ1) is 9.39. The molecular weight excluding hydrogens is 228 g/mol. The van der Waals surface area contributed by atoms with Crippen molar-refractivity contribution in [2.75, 3.05) is 0 Å². The van der Waals surface area contributed by atoms with Gasteiger partial charge in [-0.2, -0.15) is 0 Å². The zero-order valence-corrected chi connectivity index (χ0v) is 11.1. The van der Waals surface area contributed by atoms with Gasteiger partial charge in [0.2, 0.25) is 0 Å². The molecule has 0 saturated heterocycles. The van der Waals surface area contributed by atoms with Crippen molar-refractivity contribution in [1.29, 1.82) is 0 Å². The van der Waals surface area contributed by atoms with Gasteiger partial charge in [0.1, 0.15) is 0 Å². The second kappa shape index (κ2) is 3.30. The molecule has 0 nitrogen and oxygen atoms in total. The summed E-state index contributed by atoms with van der Waals surface area (Å²) in [6.07, 6.45) is 5.76. The van der Waals surface area contributed by atoms with Crippen molar-refractivity contribution >= 4 is 0 Å². The van der Waals surface area contributed by atoms with E-state index in [-0.39, 0.29) is 0 Å². The molecule has 0 aliphatic heterocycles. The largest absolute Gasteiger partial charge is 0.0619 e. The summed E-state index contributed by atoms with van der Waals surface area (Å²) < 4.78 is 0. The SMILES string of the molecule is c1ccc2c(c1)-c1ccccc1C21CC2CCC1C2. The Morgan fingerprint density at radius 2 is 1.42 bits per heavy atom. The minimum atomic E-state index is 0.371. The van der Waals surface area contributed by atoms with Crippen molar-refractivity contribution in [2.45, 2.75) is 31.1 Å². The van der Waals surface area contributed by atoms with Crippen LogP contribution in [0.2, 0.25) is 0 Å². The molecule has 1 spiro atoms. The van der Waals surface area contributed by atoms with Crippen LogP contribution in [0.3, 0.4) is 0 Å². The van der Waals surface area contributed by atoms with E-state index in [0.717, 1.165) is 11.8 Å². The molecule has 2 fully saturated rings. The first-order valence-electron chi connectivity index (χ1n) is 7.59. The molecule has 2 unspecified atom stereocenters. The highest BCUT2D eigenvalue weighted by molar-refractivity contribution is 5.81. The van der Waals surface area contributed by atoms with Crippen molar-refractivity contribution in [2.24, 2.45) is 11.8 Å². The normalized spacial score (nSPS) is 28.6. The van der Waals surface area contributed by atoms with Gasteiger partial charge in [-0.05, 0) is 53.4 Å². The first-order valence-corrected chi connectivity index (χ1v) is 7.59. The van der Waals surface area contributed by atoms with Crippen LogP contribution in [0.15, 0.2) is 48.5 Å². The van der Waals surface area contributed by atoms with Crippen LogP contribution in [-0.4, -0.2) is 0 Å². The molecule has 0 N–H and O–H groups in total. The highest BCUT2D eigenvalue weighted by Crippen LogP contribution is 2.65. The third-order valence-electron chi connectivity index (χ3n) is 5.95. The van der Waals surface area contributed by atoms with Crippen LogP contribution in [0.5, 0.6) is 0 Å². The molecule has 2 aromatic carbocycles. The predicted octanol–water partition coefficient (Wildman–Crippen LogP) is 4.77. The molecular formula is C19H18. The van der Waals surface area contributed by atoms with Crippen LogP contribution >= 0.6 is 0 Å². The molecule has 0 aromatic heterocycles. The topological polar surface area (TPSA) is 0 Å². The van der Waals surface area contributed by atoms with Gasteiger partial charge in [0.05, 0.1) is 0 Å². The lowest BCUT2D eigenvalue weighted by Crippen LogP contribution is -2.31. The van der Waals surface area contributed by atoms with Gasteiger partial charge in [0, 0.05) is 5.41 Å². The molecule has 3 aliphatic rings. The van der Waals surface area contributed by atoms with Gasteiger partial charge in [-0.3, -0.25) is 0 Å². The predicted molar refractivity (Wildman–Crippen MR) is 78.1 cm³/mol. The smallest absolute Gasteiger partial charge is 0.0246 e. The van der Waals surface area contributed by atoms with E-state index in [9.17, 15) is 0 Å². The zero-order chi connectivity index (χ0) is 12.4. The Morgan fingerprint density at radius 3 is 1.95 bits per heavy atom. The van der Waals surface area contributed by atoms with Gasteiger partial charge in [-0.15, -0.1) is 0 Å². The Labute approximate surface area is 114 Å². The summed E-state index contributed by atoms with van der Waals surface area (Å²) in [6, 6.07) is 18.3. The van der Waals surface area contributed by atoms with Crippen LogP contribution in [0.1, 0.15) is 36.8 Å². The molecule has 5 rings (SSSR count). The standard InChI is InChI=1S/C19H18/c1-3-7-17-15(5-1)16-6-2-4-8-18(16)19(17)12-13-9-10-14(19)11-13/h1-8,13-14H,9-12H2. The number of hydrogen-bond acceptors (Lipinski definition) is 0. The van der Waals surface area contributed by atoms with E-state index in [1.54, 1.807) is 11.1 Å². The lowest BCUT2D eigenvalue weighted by atomic mass is 9.67. The summed E-state index contributed by atoms with van der Waals surface area (Å²) in [4.78, 5) is 0. The molecule has 19 heavy (non-hydrogen) atoms. The number of hydrogen-bond donors (Lipinski definition) is 0. The highest BCUT2D eigenvalue weighted by Gasteiger charge is 2.56. The van der Waals surface area contributed by atoms with Crippen LogP contribution in [0.25, 0.3) is 11.1 Å². The van der Waals surface area contributed by atoms with Gasteiger partial charge < -0.3 is 0 Å². The molecule has 0 amide bonds. The second-order valence-electron chi connectivity index (χ2n) is 6.64. The fourth-order valence-electron chi connectivity index (χ4n) is 5.35. The van der Waals surface area contributed by atoms with Crippen molar-refractivity contribution in [1.82, 2.24) is 0 Å². The highest BCUT2D eigenvalue weighted by atomic mass is 14.6. The Morgan fingerprint density at radius 1 is 0.789 bits per heavy atom. The minimum Gasteiger partial charge on any atom is -0.0619 e. The van der Waals surface area contributed by atoms with Crippen LogP contribution in [0.4, 0.5) is 0 Å². The maximum atomic E-state index is 2.40. The Hall–Kier alpha value is -1.56. The summed E-state index contributed by atoms with van der Waals surface area (Å²) in [5.41, 5.74) is 6.64. The third-order valence-corrected chi connectivity index (χ3v) is 5.95. The fourth-order valence-corrected chi connectivity index (χ4v) is 5.35. The maximum absolute atomic E-state index is 2.40. The molecule has 0 radical (unpaired) electrons. The minimum absolute atomic E-state index is 0.371. The molecule has 2 atom stereocenters. The Kier molecular flexibility index (Phi) is 1.78. The zero-order valence-electron chi connectivity index (χ0n) is 11.1. The summed E-state index contributed by atoms with van der Waals surface area (Å²) in [7, 11) is 0. The summed E-state index contributed by atoms with van der Waals surface area (Å²) >= 11 is 0. The number of rotatable bonds is 0. The summed E-state index contributed by atoms with van der Waals surface area (Å²) in [5, 5.41) is 0. The van der Waals surface area contributed by atoms with Crippen LogP contribution < -0.4 is 0 Å². The van der Waals surface area contributed by atoms with E-state index >= 15 is 0 Å². The lowest BCUT2D eigenvalue weighted by molar-refractivity contribution is 0.327. The molecule has 0 heterocycles. The lowest BCUT2D eigenvalue weighted by Gasteiger charge is -2.36. The Balaban J connectivity index is 1.87. The van der Waals surface area contributed by atoms with Gasteiger partial charge in [-0.25, -0.2) is 0 Å². The van der Waals surface area contributed by atoms with E-state index in [4.69, 9.17) is 0 Å². The van der Waals surface area contributed by atoms with E-state index in [2.05, 4.69) is 48.5 Å². The third kappa shape index (κ3) is 1.08. The summed E-state index contributed by atoms with van der Waals surface area (Å²) in [6.45, 7) is 0. The maximum Gasteiger partial charge on any atom is 0.0246 e. The molecule has 2 saturated carbocycles. The summed E-state index contributed by atoms with van der Waals surface area (Å²) in [5.74, 6) is 1.87. The van der Waals surface area contributed by atoms with Gasteiger partial charge in [0.25, 0.3) is 0 Å². The van der Waals surface area contributed by atoms with Gasteiger partial charge in [0.15, 0.2) is 0 Å². The first kappa shape index (κ1) is 10.3. The van der Waals surface area contributed by atoms with Crippen LogP contribution in [-0.2, 0) is 5.41 Å². The van der Waals surface area contributed by atoms with E-state index in [1.807, 2.05) is 0 Å². The van der Waals surface area contributed by atoms with E-state index < -0.39 is 0 Å². The second-order valence-corrected chi connectivity index (χ2v) is 6.64.